The van der Waals surface area contributed by atoms with E-state index in [1.54, 1.807) is 0 Å². The first-order chi connectivity index (χ1) is 40.4. The van der Waals surface area contributed by atoms with Crippen LogP contribution in [0.3, 0.4) is 0 Å². The van der Waals surface area contributed by atoms with E-state index >= 15 is 0 Å². The molecule has 10 rings (SSSR count). The van der Waals surface area contributed by atoms with Gasteiger partial charge in [0.25, 0.3) is 0 Å². The van der Waals surface area contributed by atoms with Gasteiger partial charge >= 0.3 is 0 Å². The molecule has 0 atom stereocenters. The fraction of sp³-hybridized carbons (Fsp3) is 0.432. The zero-order valence-electron chi connectivity index (χ0n) is 60.8. The van der Waals surface area contributed by atoms with E-state index in [9.17, 15) is 0 Å². The van der Waals surface area contributed by atoms with Crippen LogP contribution in [0.15, 0.2) is 158 Å². The maximum absolute atomic E-state index is 2.45. The van der Waals surface area contributed by atoms with Gasteiger partial charge in [-0.05, 0) is 224 Å². The summed E-state index contributed by atoms with van der Waals surface area (Å²) < 4.78 is 0. The first-order valence-corrected chi connectivity index (χ1v) is 33.0. The van der Waals surface area contributed by atoms with Crippen molar-refractivity contribution in [3.63, 3.8) is 0 Å². The Balaban J connectivity index is 0.000000176. The number of rotatable bonds is 2. The van der Waals surface area contributed by atoms with Gasteiger partial charge in [0.05, 0.1) is 0 Å². The van der Waals surface area contributed by atoms with Crippen molar-refractivity contribution in [2.45, 2.75) is 246 Å². The Labute approximate surface area is 537 Å². The van der Waals surface area contributed by atoms with Crippen LogP contribution in [0.5, 0.6) is 0 Å². The second-order valence-corrected chi connectivity index (χ2v) is 33.3. The molecule has 0 aliphatic carbocycles. The van der Waals surface area contributed by atoms with Crippen LogP contribution < -0.4 is 0 Å². The van der Waals surface area contributed by atoms with E-state index in [-0.39, 0.29) is 32.5 Å². The van der Waals surface area contributed by atoms with E-state index in [2.05, 4.69) is 359 Å². The van der Waals surface area contributed by atoms with Crippen LogP contribution in [0.2, 0.25) is 0 Å². The third kappa shape index (κ3) is 16.9. The maximum Gasteiger partial charge on any atom is -0.0126 e. The molecule has 0 bridgehead atoms. The van der Waals surface area contributed by atoms with Crippen LogP contribution in [-0.2, 0) is 38.9 Å². The van der Waals surface area contributed by atoms with Crippen molar-refractivity contribution in [1.82, 2.24) is 0 Å². The van der Waals surface area contributed by atoms with Gasteiger partial charge in [-0.25, -0.2) is 0 Å². The zero-order valence-corrected chi connectivity index (χ0v) is 60.8. The third-order valence-corrected chi connectivity index (χ3v) is 18.0. The SMILES string of the molecule is Cc1c(C(C)(C)C)cc(C(C)(C)C)c2ccccc12.Cc1c(C(C)(C)C)cc(C(C)C)c2ccccc12.Cc1c(C(C)(C)C)cc(CC(C)(C)C)c2ccccc12.Cc1c(C(C)(C)C)ccc2ccccc12.Cc1cc(C(C)(C)C)c(C)c2ccccc12. The van der Waals surface area contributed by atoms with Gasteiger partial charge in [0.1, 0.15) is 0 Å². The monoisotopic (exact) mass is 1170 g/mol. The predicted octanol–water partition coefficient (Wildman–Crippen LogP) is 26.5. The first-order valence-electron chi connectivity index (χ1n) is 33.0. The standard InChI is InChI=1S/C20H28.C19H26.C18H24.C16H20.C15H18/c1-14-16-10-8-9-11-17(16)15(13-19(2,3)4)12-18(14)20(5,6)7;1-13-14-10-8-9-11-15(14)17(19(5,6)7)12-16(13)18(2,3)4;1-12(2)16-11-17(18(4,5)6)13(3)14-9-7-8-10-15(14)16;1-11-10-15(16(3,4)5)12(2)14-9-7-6-8-13(11)14;1-11-13-8-6-5-7-12(13)9-10-14(11)15(2,3)4/h8-12H,13H2,1-7H3;8-12H,1-7H3;7-12H,1-6H3;6-10H,1-5H3;5-10H,1-4H3. The smallest absolute Gasteiger partial charge is 0.0126 e. The lowest BCUT2D eigenvalue weighted by atomic mass is 9.76. The summed E-state index contributed by atoms with van der Waals surface area (Å²) in [7, 11) is 0. The maximum atomic E-state index is 2.45. The summed E-state index contributed by atoms with van der Waals surface area (Å²) in [5, 5.41) is 14.0. The topological polar surface area (TPSA) is 0 Å². The summed E-state index contributed by atoms with van der Waals surface area (Å²) in [6, 6.07) is 57.9. The predicted molar refractivity (Wildman–Crippen MR) is 398 cm³/mol. The van der Waals surface area contributed by atoms with E-state index in [4.69, 9.17) is 0 Å². The molecule has 0 unspecified atom stereocenters. The molecule has 0 nitrogen and oxygen atoms in total. The van der Waals surface area contributed by atoms with Crippen molar-refractivity contribution in [3.8, 4) is 0 Å². The van der Waals surface area contributed by atoms with Crippen molar-refractivity contribution in [2.24, 2.45) is 5.41 Å². The fourth-order valence-electron chi connectivity index (χ4n) is 13.5. The number of benzene rings is 10. The van der Waals surface area contributed by atoms with Crippen LogP contribution in [0.25, 0.3) is 53.9 Å². The lowest BCUT2D eigenvalue weighted by molar-refractivity contribution is 0.412. The minimum atomic E-state index is 0.174. The van der Waals surface area contributed by atoms with Crippen molar-refractivity contribution >= 4 is 53.9 Å². The molecule has 0 heteroatoms. The van der Waals surface area contributed by atoms with Crippen LogP contribution in [0.4, 0.5) is 0 Å². The normalized spacial score (nSPS) is 12.5. The van der Waals surface area contributed by atoms with E-state index in [0.29, 0.717) is 11.3 Å². The summed E-state index contributed by atoms with van der Waals surface area (Å²) in [6.45, 7) is 66.3. The second-order valence-electron chi connectivity index (χ2n) is 33.3. The Morgan fingerprint density at radius 3 is 0.989 bits per heavy atom. The highest BCUT2D eigenvalue weighted by Crippen LogP contribution is 2.41. The van der Waals surface area contributed by atoms with Crippen molar-refractivity contribution in [1.29, 1.82) is 0 Å². The van der Waals surface area contributed by atoms with Gasteiger partial charge in [-0.2, -0.15) is 0 Å². The average molecular weight is 1170 g/mol. The minimum absolute atomic E-state index is 0.174. The third-order valence-electron chi connectivity index (χ3n) is 18.0. The van der Waals surface area contributed by atoms with E-state index in [1.165, 1.54) is 132 Å². The molecule has 0 heterocycles. The number of aryl methyl sites for hydroxylation is 6. The van der Waals surface area contributed by atoms with Gasteiger partial charge in [-0.15, -0.1) is 0 Å². The van der Waals surface area contributed by atoms with E-state index in [0.717, 1.165) is 6.42 Å². The van der Waals surface area contributed by atoms with Crippen molar-refractivity contribution in [2.75, 3.05) is 0 Å². The first kappa shape index (κ1) is 70.6. The summed E-state index contributed by atoms with van der Waals surface area (Å²) in [4.78, 5) is 0. The molecule has 0 aromatic heterocycles. The lowest BCUT2D eigenvalue weighted by Gasteiger charge is -2.29. The van der Waals surface area contributed by atoms with Gasteiger partial charge in [-0.3, -0.25) is 0 Å². The Morgan fingerprint density at radius 2 is 0.568 bits per heavy atom. The van der Waals surface area contributed by atoms with Crippen molar-refractivity contribution in [3.05, 3.63) is 236 Å². The minimum Gasteiger partial charge on any atom is -0.0616 e. The molecule has 10 aromatic carbocycles. The summed E-state index contributed by atoms with van der Waals surface area (Å²) in [6.07, 6.45) is 1.12. The fourth-order valence-corrected chi connectivity index (χ4v) is 13.5. The molecule has 0 radical (unpaired) electrons. The molecular weight excluding hydrogens is 1060 g/mol. The van der Waals surface area contributed by atoms with Crippen LogP contribution >= 0.6 is 0 Å². The molecule has 88 heavy (non-hydrogen) atoms. The molecule has 468 valence electrons. The summed E-state index contributed by atoms with van der Waals surface area (Å²) in [5.41, 5.74) is 21.8. The molecule has 0 saturated heterocycles. The molecule has 0 N–H and O–H groups in total. The number of hydrogen-bond acceptors (Lipinski definition) is 0. The van der Waals surface area contributed by atoms with Gasteiger partial charge in [0.15, 0.2) is 0 Å². The Morgan fingerprint density at radius 1 is 0.261 bits per heavy atom. The Kier molecular flexibility index (Phi) is 21.6. The quantitative estimate of drug-likeness (QED) is 0.162. The van der Waals surface area contributed by atoms with Gasteiger partial charge in [0, 0.05) is 0 Å². The van der Waals surface area contributed by atoms with Crippen LogP contribution in [-0.4, -0.2) is 0 Å². The molecule has 0 saturated carbocycles. The summed E-state index contributed by atoms with van der Waals surface area (Å²) in [5.74, 6) is 0.566. The van der Waals surface area contributed by atoms with Gasteiger partial charge < -0.3 is 0 Å². The lowest BCUT2D eigenvalue weighted by Crippen LogP contribution is -2.18. The molecule has 0 fully saturated rings. The highest BCUT2D eigenvalue weighted by atomic mass is 14.3. The van der Waals surface area contributed by atoms with E-state index in [1.807, 2.05) is 0 Å². The molecule has 0 spiro atoms. The highest BCUT2D eigenvalue weighted by Gasteiger charge is 2.26. The largest absolute Gasteiger partial charge is 0.0616 e. The second kappa shape index (κ2) is 26.9. The van der Waals surface area contributed by atoms with Crippen LogP contribution in [0, 0.1) is 47.0 Å². The zero-order chi connectivity index (χ0) is 66.0. The molecule has 0 aliphatic heterocycles. The van der Waals surface area contributed by atoms with Crippen molar-refractivity contribution < 1.29 is 0 Å². The average Bonchev–Trinajstić information content (AvgIpc) is 3.54. The molecular formula is C88H116. The Bertz CT molecular complexity index is 4040. The van der Waals surface area contributed by atoms with Gasteiger partial charge in [0.2, 0.25) is 0 Å². The van der Waals surface area contributed by atoms with Crippen LogP contribution in [0.1, 0.15) is 243 Å². The Hall–Kier alpha value is -6.50. The van der Waals surface area contributed by atoms with Gasteiger partial charge in [-0.1, -0.05) is 317 Å². The van der Waals surface area contributed by atoms with E-state index < -0.39 is 0 Å². The highest BCUT2D eigenvalue weighted by molar-refractivity contribution is 5.93. The molecule has 10 aromatic rings. The molecule has 0 amide bonds. The number of hydrogen-bond donors (Lipinski definition) is 0. The summed E-state index contributed by atoms with van der Waals surface area (Å²) >= 11 is 0. The number of fused-ring (bicyclic) bond motifs is 5. The molecule has 0 aliphatic rings.